The summed E-state index contributed by atoms with van der Waals surface area (Å²) in [6.45, 7) is 3.97. The summed E-state index contributed by atoms with van der Waals surface area (Å²) in [5.74, 6) is -0.669. The fraction of sp³-hybridized carbons (Fsp3) is 0.375. The fourth-order valence-electron chi connectivity index (χ4n) is 2.39. The Kier molecular flexibility index (Phi) is 5.23. The molecule has 1 aromatic carbocycles. The lowest BCUT2D eigenvalue weighted by molar-refractivity contribution is -0.384. The topological polar surface area (TPSA) is 83.8 Å². The van der Waals surface area contributed by atoms with E-state index in [0.29, 0.717) is 18.7 Å². The SMILES string of the molecule is CC(=O)C(=Cc1cccc([N+](=O)[O-])c1)C(=O)N1CCN(C)CC1. The van der Waals surface area contributed by atoms with Crippen LogP contribution in [0.25, 0.3) is 6.08 Å². The van der Waals surface area contributed by atoms with Crippen molar-refractivity contribution in [1.29, 1.82) is 0 Å². The fourth-order valence-corrected chi connectivity index (χ4v) is 2.39. The summed E-state index contributed by atoms with van der Waals surface area (Å²) in [4.78, 5) is 38.5. The molecule has 122 valence electrons. The second-order valence-electron chi connectivity index (χ2n) is 5.56. The first-order valence-corrected chi connectivity index (χ1v) is 7.33. The summed E-state index contributed by atoms with van der Waals surface area (Å²) in [5, 5.41) is 10.8. The third-order valence-corrected chi connectivity index (χ3v) is 3.79. The monoisotopic (exact) mass is 317 g/mol. The maximum atomic E-state index is 12.6. The lowest BCUT2D eigenvalue weighted by Crippen LogP contribution is -2.48. The normalized spacial score (nSPS) is 16.3. The molecule has 0 unspecified atom stereocenters. The third-order valence-electron chi connectivity index (χ3n) is 3.79. The Labute approximate surface area is 134 Å². The van der Waals surface area contributed by atoms with Gasteiger partial charge in [0, 0.05) is 38.3 Å². The van der Waals surface area contributed by atoms with Gasteiger partial charge < -0.3 is 9.80 Å². The molecule has 7 nitrogen and oxygen atoms in total. The van der Waals surface area contributed by atoms with Crippen molar-refractivity contribution in [3.8, 4) is 0 Å². The van der Waals surface area contributed by atoms with E-state index in [2.05, 4.69) is 4.90 Å². The number of carbonyl (C=O) groups excluding carboxylic acids is 2. The Hall–Kier alpha value is -2.54. The molecule has 0 N–H and O–H groups in total. The number of nitrogens with zero attached hydrogens (tertiary/aromatic N) is 3. The maximum absolute atomic E-state index is 12.6. The van der Waals surface area contributed by atoms with Gasteiger partial charge in [0.05, 0.1) is 10.5 Å². The number of carbonyl (C=O) groups is 2. The molecule has 1 saturated heterocycles. The molecule has 0 atom stereocenters. The number of Topliss-reactive ketones (excluding diaryl/α,β-unsaturated/α-hetero) is 1. The molecule has 0 bridgehead atoms. The van der Waals surface area contributed by atoms with Crippen molar-refractivity contribution in [3.63, 3.8) is 0 Å². The van der Waals surface area contributed by atoms with E-state index < -0.39 is 4.92 Å². The van der Waals surface area contributed by atoms with E-state index in [4.69, 9.17) is 0 Å². The Morgan fingerprint density at radius 1 is 1.22 bits per heavy atom. The predicted octanol–water partition coefficient (Wildman–Crippen LogP) is 1.34. The summed E-state index contributed by atoms with van der Waals surface area (Å²) in [5.41, 5.74) is 0.440. The Bertz CT molecular complexity index is 661. The summed E-state index contributed by atoms with van der Waals surface area (Å²) < 4.78 is 0. The number of piperazine rings is 1. The standard InChI is InChI=1S/C16H19N3O4/c1-12(20)15(16(21)18-8-6-17(2)7-9-18)11-13-4-3-5-14(10-13)19(22)23/h3-5,10-11H,6-9H2,1-2H3. The first-order valence-electron chi connectivity index (χ1n) is 7.33. The van der Waals surface area contributed by atoms with Crippen LogP contribution in [0.3, 0.4) is 0 Å². The second kappa shape index (κ2) is 7.15. The molecule has 1 aliphatic rings. The zero-order valence-corrected chi connectivity index (χ0v) is 13.2. The van der Waals surface area contributed by atoms with Gasteiger partial charge in [-0.25, -0.2) is 0 Å². The molecule has 1 aromatic rings. The van der Waals surface area contributed by atoms with E-state index in [1.807, 2.05) is 7.05 Å². The van der Waals surface area contributed by atoms with Crippen LogP contribution in [0.5, 0.6) is 0 Å². The molecule has 7 heteroatoms. The van der Waals surface area contributed by atoms with E-state index in [1.54, 1.807) is 11.0 Å². The average molecular weight is 317 g/mol. The summed E-state index contributed by atoms with van der Waals surface area (Å²) in [7, 11) is 1.98. The highest BCUT2D eigenvalue weighted by Crippen LogP contribution is 2.17. The average Bonchev–Trinajstić information content (AvgIpc) is 2.52. The number of hydrogen-bond acceptors (Lipinski definition) is 5. The van der Waals surface area contributed by atoms with Gasteiger partial charge in [0.25, 0.3) is 11.6 Å². The van der Waals surface area contributed by atoms with Crippen molar-refractivity contribution in [2.45, 2.75) is 6.92 Å². The minimum atomic E-state index is -0.507. The molecule has 2 rings (SSSR count). The van der Waals surface area contributed by atoms with Crippen molar-refractivity contribution < 1.29 is 14.5 Å². The highest BCUT2D eigenvalue weighted by atomic mass is 16.6. The lowest BCUT2D eigenvalue weighted by Gasteiger charge is -2.32. The van der Waals surface area contributed by atoms with Gasteiger partial charge >= 0.3 is 0 Å². The third kappa shape index (κ3) is 4.23. The van der Waals surface area contributed by atoms with Crippen molar-refractivity contribution >= 4 is 23.5 Å². The molecule has 1 aliphatic heterocycles. The van der Waals surface area contributed by atoms with Crippen LogP contribution < -0.4 is 0 Å². The van der Waals surface area contributed by atoms with E-state index in [0.717, 1.165) is 13.1 Å². The van der Waals surface area contributed by atoms with Crippen molar-refractivity contribution in [3.05, 3.63) is 45.5 Å². The van der Waals surface area contributed by atoms with Crippen LogP contribution in [0.1, 0.15) is 12.5 Å². The summed E-state index contributed by atoms with van der Waals surface area (Å²) in [6, 6.07) is 5.88. The minimum Gasteiger partial charge on any atom is -0.336 e. The van der Waals surface area contributed by atoms with Crippen molar-refractivity contribution in [1.82, 2.24) is 9.80 Å². The molecule has 0 radical (unpaired) electrons. The zero-order valence-electron chi connectivity index (χ0n) is 13.2. The highest BCUT2D eigenvalue weighted by Gasteiger charge is 2.24. The molecule has 0 aliphatic carbocycles. The maximum Gasteiger partial charge on any atom is 0.270 e. The number of non-ortho nitro benzene ring substituents is 1. The van der Waals surface area contributed by atoms with Gasteiger partial charge in [-0.05, 0) is 25.6 Å². The van der Waals surface area contributed by atoms with E-state index in [-0.39, 0.29) is 23.0 Å². The number of nitro groups is 1. The Balaban J connectivity index is 2.27. The van der Waals surface area contributed by atoms with Crippen LogP contribution in [0.15, 0.2) is 29.8 Å². The minimum absolute atomic E-state index is 0.0510. The number of nitro benzene ring substituents is 1. The number of likely N-dealkylation sites (N-methyl/N-ethyl adjacent to an activating group) is 1. The Morgan fingerprint density at radius 2 is 1.87 bits per heavy atom. The first kappa shape index (κ1) is 16.8. The van der Waals surface area contributed by atoms with Crippen LogP contribution in [-0.2, 0) is 9.59 Å². The number of benzene rings is 1. The van der Waals surface area contributed by atoms with Crippen molar-refractivity contribution in [2.24, 2.45) is 0 Å². The van der Waals surface area contributed by atoms with Gasteiger partial charge in [-0.1, -0.05) is 12.1 Å². The molecule has 1 fully saturated rings. The van der Waals surface area contributed by atoms with Gasteiger partial charge in [-0.15, -0.1) is 0 Å². The highest BCUT2D eigenvalue weighted by molar-refractivity contribution is 6.21. The van der Waals surface area contributed by atoms with E-state index in [1.165, 1.54) is 31.2 Å². The largest absolute Gasteiger partial charge is 0.336 e. The van der Waals surface area contributed by atoms with Crippen molar-refractivity contribution in [2.75, 3.05) is 33.2 Å². The molecule has 1 amide bonds. The second-order valence-corrected chi connectivity index (χ2v) is 5.56. The Morgan fingerprint density at radius 3 is 2.43 bits per heavy atom. The number of hydrogen-bond donors (Lipinski definition) is 0. The number of ketones is 1. The van der Waals surface area contributed by atoms with Gasteiger partial charge in [0.2, 0.25) is 0 Å². The van der Waals surface area contributed by atoms with Gasteiger partial charge in [0.15, 0.2) is 5.78 Å². The van der Waals surface area contributed by atoms with Crippen LogP contribution >= 0.6 is 0 Å². The molecular weight excluding hydrogens is 298 g/mol. The number of amides is 1. The molecule has 0 aromatic heterocycles. The predicted molar refractivity (Wildman–Crippen MR) is 85.8 cm³/mol. The lowest BCUT2D eigenvalue weighted by atomic mass is 10.1. The summed E-state index contributed by atoms with van der Waals surface area (Å²) in [6.07, 6.45) is 1.43. The molecule has 0 spiro atoms. The van der Waals surface area contributed by atoms with E-state index in [9.17, 15) is 19.7 Å². The van der Waals surface area contributed by atoms with Crippen LogP contribution in [0.2, 0.25) is 0 Å². The number of rotatable bonds is 4. The molecule has 1 heterocycles. The zero-order chi connectivity index (χ0) is 17.0. The molecular formula is C16H19N3O4. The van der Waals surface area contributed by atoms with Crippen LogP contribution in [-0.4, -0.2) is 59.6 Å². The quantitative estimate of drug-likeness (QED) is 0.275. The molecule has 23 heavy (non-hydrogen) atoms. The smallest absolute Gasteiger partial charge is 0.270 e. The molecule has 0 saturated carbocycles. The summed E-state index contributed by atoms with van der Waals surface area (Å²) >= 11 is 0. The van der Waals surface area contributed by atoms with Gasteiger partial charge in [0.1, 0.15) is 0 Å². The van der Waals surface area contributed by atoms with E-state index >= 15 is 0 Å². The van der Waals surface area contributed by atoms with Crippen LogP contribution in [0.4, 0.5) is 5.69 Å². The first-order chi connectivity index (χ1) is 10.9. The van der Waals surface area contributed by atoms with Gasteiger partial charge in [-0.2, -0.15) is 0 Å². The van der Waals surface area contributed by atoms with Gasteiger partial charge in [-0.3, -0.25) is 19.7 Å². The van der Waals surface area contributed by atoms with Crippen LogP contribution in [0, 0.1) is 10.1 Å².